The summed E-state index contributed by atoms with van der Waals surface area (Å²) in [6.07, 6.45) is -0.171. The molecule has 0 saturated carbocycles. The van der Waals surface area contributed by atoms with Crippen LogP contribution in [-0.4, -0.2) is 100 Å². The van der Waals surface area contributed by atoms with Crippen LogP contribution in [-0.2, 0) is 4.79 Å². The summed E-state index contributed by atoms with van der Waals surface area (Å²) in [6.45, 7) is 12.5. The zero-order chi connectivity index (χ0) is 26.8. The second kappa shape index (κ2) is 11.0. The molecule has 0 aromatic heterocycles. The number of benzene rings is 1. The molecule has 1 aromatic carbocycles. The van der Waals surface area contributed by atoms with Crippen LogP contribution in [0.3, 0.4) is 0 Å². The summed E-state index contributed by atoms with van der Waals surface area (Å²) in [7, 11) is 0. The zero-order valence-corrected chi connectivity index (χ0v) is 23.2. The molecule has 2 aliphatic heterocycles. The van der Waals surface area contributed by atoms with E-state index in [9.17, 15) is 19.5 Å². The number of hydrogen-bond acceptors (Lipinski definition) is 4. The van der Waals surface area contributed by atoms with Crippen molar-refractivity contribution < 1.29 is 19.5 Å². The average Bonchev–Trinajstić information content (AvgIpc) is 2.84. The van der Waals surface area contributed by atoms with Gasteiger partial charge in [0.2, 0.25) is 0 Å². The molecule has 0 bridgehead atoms. The highest BCUT2D eigenvalue weighted by Gasteiger charge is 2.59. The second-order valence-electron chi connectivity index (χ2n) is 10.6. The first-order chi connectivity index (χ1) is 16.8. The third kappa shape index (κ3) is 5.53. The Morgan fingerprint density at radius 3 is 2.17 bits per heavy atom. The van der Waals surface area contributed by atoms with E-state index in [4.69, 9.17) is 23.2 Å². The molecule has 4 amide bonds. The molecule has 9 nitrogen and oxygen atoms in total. The Morgan fingerprint density at radius 2 is 1.64 bits per heavy atom. The predicted octanol–water partition coefficient (Wildman–Crippen LogP) is 4.55. The molecule has 2 heterocycles. The van der Waals surface area contributed by atoms with E-state index in [1.54, 1.807) is 28.0 Å². The normalized spacial score (nSPS) is 22.4. The molecule has 3 rings (SSSR count). The van der Waals surface area contributed by atoms with Crippen LogP contribution in [0, 0.1) is 5.41 Å². The maximum absolute atomic E-state index is 14.2. The van der Waals surface area contributed by atoms with Gasteiger partial charge in [0.1, 0.15) is 5.54 Å². The van der Waals surface area contributed by atoms with E-state index >= 15 is 0 Å². The lowest BCUT2D eigenvalue weighted by Crippen LogP contribution is -2.76. The number of halogens is 2. The Hall–Kier alpha value is -2.23. The van der Waals surface area contributed by atoms with Gasteiger partial charge in [0.25, 0.3) is 5.91 Å². The van der Waals surface area contributed by atoms with Gasteiger partial charge < -0.3 is 20.2 Å². The van der Waals surface area contributed by atoms with E-state index < -0.39 is 17.0 Å². The van der Waals surface area contributed by atoms with Gasteiger partial charge in [-0.05, 0) is 37.0 Å². The van der Waals surface area contributed by atoms with E-state index in [0.717, 1.165) is 6.42 Å². The van der Waals surface area contributed by atoms with Crippen LogP contribution >= 0.6 is 23.2 Å². The van der Waals surface area contributed by atoms with E-state index in [1.165, 1.54) is 4.90 Å². The van der Waals surface area contributed by atoms with Crippen molar-refractivity contribution in [2.75, 3.05) is 51.1 Å². The molecule has 0 radical (unpaired) electrons. The van der Waals surface area contributed by atoms with Gasteiger partial charge in [-0.1, -0.05) is 50.9 Å². The van der Waals surface area contributed by atoms with Crippen LogP contribution in [0.5, 0.6) is 0 Å². The fourth-order valence-electron chi connectivity index (χ4n) is 5.07. The first-order valence-electron chi connectivity index (χ1n) is 12.4. The number of piperazine rings is 2. The maximum Gasteiger partial charge on any atom is 0.408 e. The predicted molar refractivity (Wildman–Crippen MR) is 142 cm³/mol. The minimum atomic E-state index is -1.23. The van der Waals surface area contributed by atoms with Crippen molar-refractivity contribution in [3.8, 4) is 0 Å². The average molecular weight is 543 g/mol. The van der Waals surface area contributed by atoms with Gasteiger partial charge in [-0.25, -0.2) is 9.59 Å². The smallest absolute Gasteiger partial charge is 0.408 e. The molecule has 36 heavy (non-hydrogen) atoms. The first-order valence-corrected chi connectivity index (χ1v) is 13.1. The standard InChI is InChI=1S/C25H37Cl2N5O4/c1-6-17(2)31-13-14-32(23(35)36)25(16-31,24(3,4)5)21(33)29-9-11-30(12-10-29)22(34)28-18-7-8-19(26)20(27)15-18/h7-8,15,17H,6,9-14,16H2,1-5H3,(H,28,34)(H,35,36)/t17?,25-/m1/s1. The fraction of sp³-hybridized carbons (Fsp3) is 0.640. The van der Waals surface area contributed by atoms with Gasteiger partial charge in [0.05, 0.1) is 10.0 Å². The van der Waals surface area contributed by atoms with Gasteiger partial charge in [-0.2, -0.15) is 0 Å². The van der Waals surface area contributed by atoms with E-state index in [-0.39, 0.29) is 24.5 Å². The Bertz CT molecular complexity index is 993. The Balaban J connectivity index is 1.77. The van der Waals surface area contributed by atoms with Crippen LogP contribution in [0.15, 0.2) is 18.2 Å². The molecule has 2 atom stereocenters. The molecule has 0 spiro atoms. The number of amides is 4. The molecule has 1 aromatic rings. The summed E-state index contributed by atoms with van der Waals surface area (Å²) in [6, 6.07) is 4.81. The number of carboxylic acid groups (broad SMARTS) is 1. The second-order valence-corrected chi connectivity index (χ2v) is 11.4. The number of anilines is 1. The summed E-state index contributed by atoms with van der Waals surface area (Å²) in [5.41, 5.74) is -1.34. The minimum absolute atomic E-state index is 0.199. The summed E-state index contributed by atoms with van der Waals surface area (Å²) < 4.78 is 0. The third-order valence-corrected chi connectivity index (χ3v) is 8.31. The van der Waals surface area contributed by atoms with Crippen LogP contribution in [0.4, 0.5) is 15.3 Å². The van der Waals surface area contributed by atoms with E-state index in [2.05, 4.69) is 24.1 Å². The first kappa shape index (κ1) is 28.3. The number of rotatable bonds is 4. The van der Waals surface area contributed by atoms with Gasteiger partial charge in [0, 0.05) is 57.5 Å². The van der Waals surface area contributed by atoms with Gasteiger partial charge in [0.15, 0.2) is 0 Å². The lowest BCUT2D eigenvalue weighted by atomic mass is 9.69. The third-order valence-electron chi connectivity index (χ3n) is 7.57. The topological polar surface area (TPSA) is 96.4 Å². The van der Waals surface area contributed by atoms with Crippen molar-refractivity contribution in [1.29, 1.82) is 0 Å². The van der Waals surface area contributed by atoms with Crippen molar-refractivity contribution in [3.63, 3.8) is 0 Å². The molecule has 2 saturated heterocycles. The highest BCUT2D eigenvalue weighted by atomic mass is 35.5. The number of nitrogens with one attached hydrogen (secondary N) is 1. The molecular weight excluding hydrogens is 505 g/mol. The Morgan fingerprint density at radius 1 is 1.03 bits per heavy atom. The van der Waals surface area contributed by atoms with Crippen molar-refractivity contribution >= 4 is 46.9 Å². The molecule has 0 aliphatic carbocycles. The summed E-state index contributed by atoms with van der Waals surface area (Å²) in [5, 5.41) is 13.7. The van der Waals surface area contributed by atoms with Crippen molar-refractivity contribution in [2.45, 2.75) is 52.6 Å². The molecule has 2 N–H and O–H groups in total. The van der Waals surface area contributed by atoms with E-state index in [0.29, 0.717) is 55.0 Å². The zero-order valence-electron chi connectivity index (χ0n) is 21.7. The van der Waals surface area contributed by atoms with Gasteiger partial charge in [-0.15, -0.1) is 0 Å². The van der Waals surface area contributed by atoms with E-state index in [1.807, 2.05) is 20.8 Å². The molecule has 11 heteroatoms. The maximum atomic E-state index is 14.2. The number of urea groups is 1. The Kier molecular flexibility index (Phi) is 8.68. The van der Waals surface area contributed by atoms with Crippen molar-refractivity contribution in [3.05, 3.63) is 28.2 Å². The molecule has 1 unspecified atom stereocenters. The summed E-state index contributed by atoms with van der Waals surface area (Å²) in [4.78, 5) is 46.3. The van der Waals surface area contributed by atoms with Gasteiger partial charge >= 0.3 is 12.1 Å². The molecule has 200 valence electrons. The number of nitrogens with zero attached hydrogens (tertiary/aromatic N) is 4. The quantitative estimate of drug-likeness (QED) is 0.582. The fourth-order valence-corrected chi connectivity index (χ4v) is 5.37. The SMILES string of the molecule is CCC(C)N1CCN(C(=O)O)[C@](C(=O)N2CCN(C(=O)Nc3ccc(Cl)c(Cl)c3)CC2)(C(C)(C)C)C1. The minimum Gasteiger partial charge on any atom is -0.465 e. The summed E-state index contributed by atoms with van der Waals surface area (Å²) in [5.74, 6) is -0.199. The largest absolute Gasteiger partial charge is 0.465 e. The van der Waals surface area contributed by atoms with Crippen LogP contribution in [0.1, 0.15) is 41.0 Å². The lowest BCUT2D eigenvalue weighted by Gasteiger charge is -2.57. The molecule has 2 fully saturated rings. The highest BCUT2D eigenvalue weighted by molar-refractivity contribution is 6.42. The molecule has 2 aliphatic rings. The number of carbonyl (C=O) groups is 3. The molecular formula is C25H37Cl2N5O4. The van der Waals surface area contributed by atoms with Crippen molar-refractivity contribution in [2.24, 2.45) is 5.41 Å². The van der Waals surface area contributed by atoms with Crippen LogP contribution in [0.2, 0.25) is 10.0 Å². The monoisotopic (exact) mass is 541 g/mol. The number of carbonyl (C=O) groups excluding carboxylic acids is 2. The number of hydrogen-bond donors (Lipinski definition) is 2. The van der Waals surface area contributed by atoms with Crippen molar-refractivity contribution in [1.82, 2.24) is 19.6 Å². The summed E-state index contributed by atoms with van der Waals surface area (Å²) >= 11 is 12.0. The Labute approximate surface area is 223 Å². The lowest BCUT2D eigenvalue weighted by molar-refractivity contribution is -0.160. The van der Waals surface area contributed by atoms with Crippen LogP contribution < -0.4 is 5.32 Å². The highest BCUT2D eigenvalue weighted by Crippen LogP contribution is 2.41. The van der Waals surface area contributed by atoms with Gasteiger partial charge in [-0.3, -0.25) is 14.6 Å². The van der Waals surface area contributed by atoms with Crippen LogP contribution in [0.25, 0.3) is 0 Å².